The van der Waals surface area contributed by atoms with Crippen LogP contribution in [0.4, 0.5) is 10.1 Å². The van der Waals surface area contributed by atoms with E-state index in [9.17, 15) is 17.6 Å². The van der Waals surface area contributed by atoms with Crippen LogP contribution in [-0.4, -0.2) is 45.3 Å². The molecule has 1 aromatic carbocycles. The molecule has 1 heterocycles. The molecule has 1 fully saturated rings. The maximum absolute atomic E-state index is 13.9. The fraction of sp³-hybridized carbons (Fsp3) is 0.417. The summed E-state index contributed by atoms with van der Waals surface area (Å²) in [5.41, 5.74) is 0.674. The summed E-state index contributed by atoms with van der Waals surface area (Å²) < 4.78 is 40.3. The second kappa shape index (κ2) is 5.53. The lowest BCUT2D eigenvalue weighted by Gasteiger charge is -2.21. The van der Waals surface area contributed by atoms with Gasteiger partial charge in [0.2, 0.25) is 5.91 Å². The number of carbonyl (C=O) groups is 1. The molecule has 2 rings (SSSR count). The van der Waals surface area contributed by atoms with Crippen molar-refractivity contribution in [1.29, 1.82) is 0 Å². The third-order valence-electron chi connectivity index (χ3n) is 3.36. The number of benzene rings is 1. The fourth-order valence-corrected chi connectivity index (χ4v) is 3.25. The highest BCUT2D eigenvalue weighted by atomic mass is 35.5. The summed E-state index contributed by atoms with van der Waals surface area (Å²) in [6, 6.07) is 1.63. The van der Waals surface area contributed by atoms with E-state index in [0.29, 0.717) is 5.56 Å². The largest absolute Gasteiger partial charge is 0.311 e. The van der Waals surface area contributed by atoms with Crippen LogP contribution in [-0.2, 0) is 15.0 Å². The number of nitrogens with zero attached hydrogens (tertiary/aromatic N) is 2. The summed E-state index contributed by atoms with van der Waals surface area (Å²) in [5.74, 6) is -1.18. The Morgan fingerprint density at radius 1 is 1.52 bits per heavy atom. The SMILES string of the molecule is Cc1cc(N(C)C(=O)[C@@H]2CN(C)S(=O)(=O)N2)c(F)cc1Cl. The molecule has 1 atom stereocenters. The van der Waals surface area contributed by atoms with E-state index in [1.807, 2.05) is 0 Å². The summed E-state index contributed by atoms with van der Waals surface area (Å²) in [7, 11) is -0.886. The Balaban J connectivity index is 2.27. The molecule has 0 bridgehead atoms. The summed E-state index contributed by atoms with van der Waals surface area (Å²) in [6.45, 7) is 1.69. The van der Waals surface area contributed by atoms with Gasteiger partial charge in [-0.1, -0.05) is 11.6 Å². The van der Waals surface area contributed by atoms with Gasteiger partial charge in [0.25, 0.3) is 10.2 Å². The van der Waals surface area contributed by atoms with Crippen molar-refractivity contribution >= 4 is 33.4 Å². The lowest BCUT2D eigenvalue weighted by Crippen LogP contribution is -2.44. The Bertz CT molecular complexity index is 695. The highest BCUT2D eigenvalue weighted by molar-refractivity contribution is 7.87. The fourth-order valence-electron chi connectivity index (χ4n) is 2.04. The van der Waals surface area contributed by atoms with Gasteiger partial charge in [-0.3, -0.25) is 4.79 Å². The van der Waals surface area contributed by atoms with Crippen LogP contribution in [0, 0.1) is 12.7 Å². The average Bonchev–Trinajstić information content (AvgIpc) is 2.66. The monoisotopic (exact) mass is 335 g/mol. The van der Waals surface area contributed by atoms with Crippen LogP contribution < -0.4 is 9.62 Å². The second-order valence-corrected chi connectivity index (χ2v) is 7.12. The predicted molar refractivity (Wildman–Crippen MR) is 78.0 cm³/mol. The minimum absolute atomic E-state index is 0.000300. The number of hydrogen-bond acceptors (Lipinski definition) is 3. The van der Waals surface area contributed by atoms with Crippen molar-refractivity contribution in [1.82, 2.24) is 9.03 Å². The van der Waals surface area contributed by atoms with Crippen molar-refractivity contribution in [3.63, 3.8) is 0 Å². The highest BCUT2D eigenvalue weighted by Crippen LogP contribution is 2.26. The summed E-state index contributed by atoms with van der Waals surface area (Å²) in [5, 5.41) is 0.262. The van der Waals surface area contributed by atoms with Crippen molar-refractivity contribution in [3.05, 3.63) is 28.5 Å². The Morgan fingerprint density at radius 2 is 2.14 bits per heavy atom. The summed E-state index contributed by atoms with van der Waals surface area (Å²) >= 11 is 5.81. The minimum atomic E-state index is -3.64. The lowest BCUT2D eigenvalue weighted by molar-refractivity contribution is -0.119. The second-order valence-electron chi connectivity index (χ2n) is 4.91. The van der Waals surface area contributed by atoms with E-state index in [1.54, 1.807) is 6.92 Å². The quantitative estimate of drug-likeness (QED) is 0.873. The molecule has 116 valence electrons. The standard InChI is InChI=1S/C12H15ClFN3O3S/c1-7-4-11(9(14)5-8(7)13)17(3)12(18)10-6-16(2)21(19,20)15-10/h4-5,10,15H,6H2,1-3H3/t10-/m0/s1. The number of nitrogens with one attached hydrogen (secondary N) is 1. The molecule has 0 aromatic heterocycles. The van der Waals surface area contributed by atoms with Gasteiger partial charge in [0, 0.05) is 25.7 Å². The maximum Gasteiger partial charge on any atom is 0.280 e. The van der Waals surface area contributed by atoms with E-state index in [2.05, 4.69) is 4.72 Å². The first-order valence-electron chi connectivity index (χ1n) is 6.10. The maximum atomic E-state index is 13.9. The van der Waals surface area contributed by atoms with Crippen LogP contribution in [0.5, 0.6) is 0 Å². The Morgan fingerprint density at radius 3 is 2.67 bits per heavy atom. The van der Waals surface area contributed by atoms with Crippen LogP contribution >= 0.6 is 11.6 Å². The van der Waals surface area contributed by atoms with Crippen molar-refractivity contribution in [2.75, 3.05) is 25.5 Å². The van der Waals surface area contributed by atoms with E-state index in [0.717, 1.165) is 15.3 Å². The molecule has 0 aliphatic carbocycles. The number of aryl methyl sites for hydroxylation is 1. The molecule has 6 nitrogen and oxygen atoms in total. The molecule has 1 aliphatic heterocycles. The number of hydrogen-bond donors (Lipinski definition) is 1. The molecule has 0 saturated carbocycles. The Hall–Kier alpha value is -1.22. The zero-order valence-electron chi connectivity index (χ0n) is 11.7. The van der Waals surface area contributed by atoms with Crippen LogP contribution in [0.3, 0.4) is 0 Å². The van der Waals surface area contributed by atoms with Gasteiger partial charge < -0.3 is 4.90 Å². The van der Waals surface area contributed by atoms with E-state index >= 15 is 0 Å². The Labute approximate surface area is 127 Å². The van der Waals surface area contributed by atoms with Gasteiger partial charge in [-0.25, -0.2) is 4.39 Å². The molecular weight excluding hydrogens is 321 g/mol. The van der Waals surface area contributed by atoms with E-state index in [1.165, 1.54) is 20.2 Å². The lowest BCUT2D eigenvalue weighted by atomic mass is 10.1. The first-order chi connectivity index (χ1) is 9.63. The molecule has 1 aromatic rings. The Kier molecular flexibility index (Phi) is 4.25. The zero-order chi connectivity index (χ0) is 15.9. The average molecular weight is 336 g/mol. The van der Waals surface area contributed by atoms with Gasteiger partial charge in [0.1, 0.15) is 11.9 Å². The van der Waals surface area contributed by atoms with Crippen LogP contribution in [0.15, 0.2) is 12.1 Å². The highest BCUT2D eigenvalue weighted by Gasteiger charge is 2.38. The molecule has 1 amide bonds. The van der Waals surface area contributed by atoms with Crippen LogP contribution in [0.2, 0.25) is 5.02 Å². The van der Waals surface area contributed by atoms with Crippen LogP contribution in [0.25, 0.3) is 0 Å². The first kappa shape index (κ1) is 16.2. The van der Waals surface area contributed by atoms with Gasteiger partial charge in [-0.05, 0) is 24.6 Å². The third kappa shape index (κ3) is 3.03. The van der Waals surface area contributed by atoms with Crippen LogP contribution in [0.1, 0.15) is 5.56 Å². The van der Waals surface area contributed by atoms with Gasteiger partial charge in [-0.15, -0.1) is 0 Å². The minimum Gasteiger partial charge on any atom is -0.311 e. The van der Waals surface area contributed by atoms with E-state index in [-0.39, 0.29) is 17.3 Å². The van der Waals surface area contributed by atoms with Gasteiger partial charge in [0.05, 0.1) is 5.69 Å². The van der Waals surface area contributed by atoms with Crippen molar-refractivity contribution < 1.29 is 17.6 Å². The third-order valence-corrected chi connectivity index (χ3v) is 5.32. The number of carbonyl (C=O) groups excluding carboxylic acids is 1. The molecule has 1 aliphatic rings. The topological polar surface area (TPSA) is 69.7 Å². The van der Waals surface area contributed by atoms with Gasteiger partial charge >= 0.3 is 0 Å². The molecule has 9 heteroatoms. The van der Waals surface area contributed by atoms with Crippen molar-refractivity contribution in [2.24, 2.45) is 0 Å². The molecule has 0 radical (unpaired) electrons. The summed E-state index contributed by atoms with van der Waals surface area (Å²) in [6.07, 6.45) is 0. The number of rotatable bonds is 2. The smallest absolute Gasteiger partial charge is 0.280 e. The normalized spacial score (nSPS) is 21.5. The number of likely N-dealkylation sites (N-methyl/N-ethyl adjacent to an activating group) is 2. The number of anilines is 1. The zero-order valence-corrected chi connectivity index (χ0v) is 13.3. The molecule has 0 spiro atoms. The molecule has 0 unspecified atom stereocenters. The molecule has 1 saturated heterocycles. The predicted octanol–water partition coefficient (Wildman–Crippen LogP) is 0.899. The van der Waals surface area contributed by atoms with Crippen molar-refractivity contribution in [2.45, 2.75) is 13.0 Å². The van der Waals surface area contributed by atoms with Gasteiger partial charge in [-0.2, -0.15) is 17.4 Å². The molecular formula is C12H15ClFN3O3S. The van der Waals surface area contributed by atoms with E-state index < -0.39 is 28.0 Å². The van der Waals surface area contributed by atoms with Crippen molar-refractivity contribution in [3.8, 4) is 0 Å². The number of amides is 1. The summed E-state index contributed by atoms with van der Waals surface area (Å²) in [4.78, 5) is 13.4. The number of halogens is 2. The molecule has 21 heavy (non-hydrogen) atoms. The van der Waals surface area contributed by atoms with E-state index in [4.69, 9.17) is 11.6 Å². The molecule has 1 N–H and O–H groups in total. The first-order valence-corrected chi connectivity index (χ1v) is 7.92. The van der Waals surface area contributed by atoms with Gasteiger partial charge in [0.15, 0.2) is 0 Å².